The fourth-order valence-corrected chi connectivity index (χ4v) is 1.65. The number of aryl methyl sites for hydroxylation is 1. The van der Waals surface area contributed by atoms with Gasteiger partial charge in [0.25, 0.3) is 0 Å². The predicted molar refractivity (Wildman–Crippen MR) is 91.3 cm³/mol. The lowest BCUT2D eigenvalue weighted by Crippen LogP contribution is -2.40. The fourth-order valence-electron chi connectivity index (χ4n) is 1.65. The van der Waals surface area contributed by atoms with Crippen LogP contribution in [-0.4, -0.2) is 32.3 Å². The molecule has 1 aromatic carbocycles. The Morgan fingerprint density at radius 3 is 2.58 bits per heavy atom. The summed E-state index contributed by atoms with van der Waals surface area (Å²) in [5.41, 5.74) is 8.33. The van der Waals surface area contributed by atoms with E-state index >= 15 is 0 Å². The number of methoxy groups -OCH3 is 1. The normalized spacial score (nSPS) is 12.7. The molecular weight excluding hydrogens is 353 g/mol. The summed E-state index contributed by atoms with van der Waals surface area (Å²) >= 11 is 0. The van der Waals surface area contributed by atoms with E-state index < -0.39 is 0 Å². The number of aliphatic imine (C=N–C) groups is 1. The molecule has 0 bridgehead atoms. The van der Waals surface area contributed by atoms with E-state index in [-0.39, 0.29) is 30.0 Å². The van der Waals surface area contributed by atoms with E-state index in [1.165, 1.54) is 11.1 Å². The second-order valence-corrected chi connectivity index (χ2v) is 4.50. The SMILES string of the molecule is COCC(C)NC(N)=NCCc1ccc(C)cc1.I. The van der Waals surface area contributed by atoms with Crippen molar-refractivity contribution in [1.29, 1.82) is 0 Å². The summed E-state index contributed by atoms with van der Waals surface area (Å²) in [6.07, 6.45) is 0.904. The molecule has 5 heteroatoms. The van der Waals surface area contributed by atoms with E-state index in [9.17, 15) is 0 Å². The molecule has 0 spiro atoms. The number of guanidine groups is 1. The highest BCUT2D eigenvalue weighted by atomic mass is 127. The van der Waals surface area contributed by atoms with Crippen molar-refractivity contribution < 1.29 is 4.74 Å². The van der Waals surface area contributed by atoms with Crippen LogP contribution in [0.4, 0.5) is 0 Å². The highest BCUT2D eigenvalue weighted by Crippen LogP contribution is 2.03. The minimum Gasteiger partial charge on any atom is -0.383 e. The number of benzene rings is 1. The van der Waals surface area contributed by atoms with Crippen LogP contribution in [0.15, 0.2) is 29.3 Å². The van der Waals surface area contributed by atoms with Crippen LogP contribution in [-0.2, 0) is 11.2 Å². The number of nitrogens with two attached hydrogens (primary N) is 1. The molecule has 0 aliphatic carbocycles. The van der Waals surface area contributed by atoms with Gasteiger partial charge in [-0.1, -0.05) is 29.8 Å². The first-order valence-corrected chi connectivity index (χ1v) is 6.22. The highest BCUT2D eigenvalue weighted by Gasteiger charge is 2.01. The summed E-state index contributed by atoms with van der Waals surface area (Å²) in [6.45, 7) is 5.41. The minimum absolute atomic E-state index is 0. The van der Waals surface area contributed by atoms with Crippen LogP contribution in [0, 0.1) is 6.92 Å². The molecule has 0 saturated carbocycles. The summed E-state index contributed by atoms with van der Waals surface area (Å²) in [6, 6.07) is 8.66. The molecule has 0 radical (unpaired) electrons. The van der Waals surface area contributed by atoms with E-state index in [0.29, 0.717) is 19.1 Å². The Kier molecular flexibility index (Phi) is 9.59. The highest BCUT2D eigenvalue weighted by molar-refractivity contribution is 14.0. The van der Waals surface area contributed by atoms with Crippen molar-refractivity contribution in [2.24, 2.45) is 10.7 Å². The number of ether oxygens (including phenoxy) is 1. The van der Waals surface area contributed by atoms with Crippen LogP contribution in [0.3, 0.4) is 0 Å². The van der Waals surface area contributed by atoms with Crippen LogP contribution in [0.2, 0.25) is 0 Å². The van der Waals surface area contributed by atoms with E-state index in [1.807, 2.05) is 6.92 Å². The van der Waals surface area contributed by atoms with Gasteiger partial charge in [-0.2, -0.15) is 0 Å². The summed E-state index contributed by atoms with van der Waals surface area (Å²) in [5, 5.41) is 3.08. The number of nitrogens with zero attached hydrogens (tertiary/aromatic N) is 1. The van der Waals surface area contributed by atoms with Gasteiger partial charge in [-0.05, 0) is 25.8 Å². The van der Waals surface area contributed by atoms with E-state index in [4.69, 9.17) is 10.5 Å². The van der Waals surface area contributed by atoms with Crippen molar-refractivity contribution in [2.45, 2.75) is 26.3 Å². The van der Waals surface area contributed by atoms with Gasteiger partial charge in [0.15, 0.2) is 5.96 Å². The van der Waals surface area contributed by atoms with Gasteiger partial charge in [-0.25, -0.2) is 0 Å². The molecule has 1 aromatic rings. The molecule has 108 valence electrons. The molecule has 0 fully saturated rings. The Bertz CT molecular complexity index is 379. The standard InChI is InChI=1S/C14H23N3O.HI/c1-11-4-6-13(7-5-11)8-9-16-14(15)17-12(2)10-18-3;/h4-7,12H,8-10H2,1-3H3,(H3,15,16,17);1H. The molecule has 1 rings (SSSR count). The van der Waals surface area contributed by atoms with Crippen LogP contribution in [0.25, 0.3) is 0 Å². The number of nitrogens with one attached hydrogen (secondary N) is 1. The van der Waals surface area contributed by atoms with Gasteiger partial charge in [0, 0.05) is 19.7 Å². The van der Waals surface area contributed by atoms with E-state index in [2.05, 4.69) is 41.5 Å². The molecule has 19 heavy (non-hydrogen) atoms. The third-order valence-electron chi connectivity index (χ3n) is 2.61. The van der Waals surface area contributed by atoms with Crippen molar-refractivity contribution in [1.82, 2.24) is 5.32 Å². The molecule has 3 N–H and O–H groups in total. The Morgan fingerprint density at radius 1 is 1.37 bits per heavy atom. The zero-order valence-corrected chi connectivity index (χ0v) is 14.2. The molecule has 0 saturated heterocycles. The van der Waals surface area contributed by atoms with Gasteiger partial charge in [-0.3, -0.25) is 4.99 Å². The second kappa shape index (κ2) is 10.0. The molecule has 1 unspecified atom stereocenters. The Labute approximate surface area is 132 Å². The van der Waals surface area contributed by atoms with E-state index in [1.54, 1.807) is 7.11 Å². The van der Waals surface area contributed by atoms with Crippen molar-refractivity contribution in [3.8, 4) is 0 Å². The van der Waals surface area contributed by atoms with Crippen LogP contribution in [0.5, 0.6) is 0 Å². The van der Waals surface area contributed by atoms with Crippen LogP contribution in [0.1, 0.15) is 18.1 Å². The maximum absolute atomic E-state index is 5.78. The number of halogens is 1. The molecule has 0 aromatic heterocycles. The zero-order chi connectivity index (χ0) is 13.4. The number of hydrogen-bond donors (Lipinski definition) is 2. The molecular formula is C14H24IN3O. The maximum atomic E-state index is 5.78. The van der Waals surface area contributed by atoms with Crippen molar-refractivity contribution in [3.63, 3.8) is 0 Å². The van der Waals surface area contributed by atoms with Crippen LogP contribution < -0.4 is 11.1 Å². The minimum atomic E-state index is 0. The van der Waals surface area contributed by atoms with Gasteiger partial charge >= 0.3 is 0 Å². The number of rotatable bonds is 6. The average Bonchev–Trinajstić information content (AvgIpc) is 2.32. The summed E-state index contributed by atoms with van der Waals surface area (Å²) in [5.74, 6) is 0.478. The van der Waals surface area contributed by atoms with Gasteiger partial charge in [0.05, 0.1) is 6.61 Å². The summed E-state index contributed by atoms with van der Waals surface area (Å²) in [4.78, 5) is 4.29. The largest absolute Gasteiger partial charge is 0.383 e. The first kappa shape index (κ1) is 18.2. The number of hydrogen-bond acceptors (Lipinski definition) is 2. The Hall–Kier alpha value is -0.820. The van der Waals surface area contributed by atoms with Gasteiger partial charge < -0.3 is 15.8 Å². The fraction of sp³-hybridized carbons (Fsp3) is 0.500. The molecule has 4 nitrogen and oxygen atoms in total. The summed E-state index contributed by atoms with van der Waals surface area (Å²) < 4.78 is 5.02. The maximum Gasteiger partial charge on any atom is 0.188 e. The monoisotopic (exact) mass is 377 g/mol. The first-order chi connectivity index (χ1) is 8.61. The zero-order valence-electron chi connectivity index (χ0n) is 11.8. The topological polar surface area (TPSA) is 59.6 Å². The molecule has 0 heterocycles. The lowest BCUT2D eigenvalue weighted by atomic mass is 10.1. The molecule has 1 atom stereocenters. The van der Waals surface area contributed by atoms with Crippen LogP contribution >= 0.6 is 24.0 Å². The van der Waals surface area contributed by atoms with Crippen molar-refractivity contribution in [2.75, 3.05) is 20.3 Å². The molecule has 0 aliphatic rings. The predicted octanol–water partition coefficient (Wildman–Crippen LogP) is 2.09. The third-order valence-corrected chi connectivity index (χ3v) is 2.61. The van der Waals surface area contributed by atoms with Crippen molar-refractivity contribution >= 4 is 29.9 Å². The molecule has 0 amide bonds. The summed E-state index contributed by atoms with van der Waals surface area (Å²) in [7, 11) is 1.67. The van der Waals surface area contributed by atoms with Gasteiger partial charge in [0.2, 0.25) is 0 Å². The van der Waals surface area contributed by atoms with E-state index in [0.717, 1.165) is 6.42 Å². The smallest absolute Gasteiger partial charge is 0.188 e. The van der Waals surface area contributed by atoms with Crippen molar-refractivity contribution in [3.05, 3.63) is 35.4 Å². The third kappa shape index (κ3) is 8.05. The Balaban J connectivity index is 0.00000324. The van der Waals surface area contributed by atoms with Gasteiger partial charge in [0.1, 0.15) is 0 Å². The molecule has 0 aliphatic heterocycles. The Morgan fingerprint density at radius 2 is 2.00 bits per heavy atom. The first-order valence-electron chi connectivity index (χ1n) is 6.22. The lowest BCUT2D eigenvalue weighted by molar-refractivity contribution is 0.179. The average molecular weight is 377 g/mol. The second-order valence-electron chi connectivity index (χ2n) is 4.50. The van der Waals surface area contributed by atoms with Gasteiger partial charge in [-0.15, -0.1) is 24.0 Å². The lowest BCUT2D eigenvalue weighted by Gasteiger charge is -2.12. The quantitative estimate of drug-likeness (QED) is 0.454.